The Bertz CT molecular complexity index is 409. The molecule has 1 rings (SSSR count). The van der Waals surface area contributed by atoms with Crippen LogP contribution in [0.4, 0.5) is 0 Å². The van der Waals surface area contributed by atoms with Gasteiger partial charge in [-0.25, -0.2) is 10.4 Å². The maximum absolute atomic E-state index is 12.4. The summed E-state index contributed by atoms with van der Waals surface area (Å²) in [6, 6.07) is -1.09. The molecule has 0 bridgehead atoms. The van der Waals surface area contributed by atoms with Gasteiger partial charge in [0.15, 0.2) is 5.78 Å². The number of thioether (sulfide) groups is 1. The van der Waals surface area contributed by atoms with Crippen LogP contribution in [-0.4, -0.2) is 65.4 Å². The van der Waals surface area contributed by atoms with Crippen molar-refractivity contribution in [3.05, 3.63) is 0 Å². The van der Waals surface area contributed by atoms with E-state index in [0.29, 0.717) is 24.5 Å². The molecule has 0 aromatic heterocycles. The highest BCUT2D eigenvalue weighted by Crippen LogP contribution is 2.23. The standard InChI is InChI=1S/C15H27N3O3S2/c1-10(2)6-11(7-19)17-18-13(4-5-23-3)14(21)15(18)16-12(8-20)9-22/h7-8,10-13,15-17,22H,4-6,9H2,1-3H3/t11-,12+,13+,15?/m1/s1. The lowest BCUT2D eigenvalue weighted by atomic mass is 9.96. The molecule has 0 aromatic rings. The second-order valence-corrected chi connectivity index (χ2v) is 7.45. The molecule has 0 radical (unpaired) electrons. The van der Waals surface area contributed by atoms with E-state index in [1.54, 1.807) is 16.8 Å². The zero-order valence-electron chi connectivity index (χ0n) is 13.9. The third kappa shape index (κ3) is 5.86. The van der Waals surface area contributed by atoms with Crippen molar-refractivity contribution in [1.82, 2.24) is 15.8 Å². The van der Waals surface area contributed by atoms with E-state index in [2.05, 4.69) is 23.4 Å². The zero-order valence-corrected chi connectivity index (χ0v) is 15.6. The van der Waals surface area contributed by atoms with Crippen molar-refractivity contribution >= 4 is 42.7 Å². The van der Waals surface area contributed by atoms with Crippen LogP contribution < -0.4 is 10.7 Å². The van der Waals surface area contributed by atoms with Gasteiger partial charge < -0.3 is 9.59 Å². The summed E-state index contributed by atoms with van der Waals surface area (Å²) in [4.78, 5) is 34.6. The van der Waals surface area contributed by atoms with E-state index in [4.69, 9.17) is 0 Å². The second-order valence-electron chi connectivity index (χ2n) is 6.10. The van der Waals surface area contributed by atoms with E-state index in [9.17, 15) is 14.4 Å². The molecular weight excluding hydrogens is 334 g/mol. The lowest BCUT2D eigenvalue weighted by Crippen LogP contribution is -2.76. The van der Waals surface area contributed by atoms with E-state index >= 15 is 0 Å². The van der Waals surface area contributed by atoms with Gasteiger partial charge in [0.25, 0.3) is 0 Å². The molecule has 1 aliphatic rings. The summed E-state index contributed by atoms with van der Waals surface area (Å²) in [6.45, 7) is 4.09. The van der Waals surface area contributed by atoms with Gasteiger partial charge in [0.05, 0.1) is 18.1 Å². The monoisotopic (exact) mass is 361 g/mol. The topological polar surface area (TPSA) is 78.5 Å². The maximum atomic E-state index is 12.4. The zero-order chi connectivity index (χ0) is 17.4. The van der Waals surface area contributed by atoms with Crippen molar-refractivity contribution in [2.24, 2.45) is 5.92 Å². The number of rotatable bonds is 12. The Labute approximate surface area is 147 Å². The molecule has 23 heavy (non-hydrogen) atoms. The highest BCUT2D eigenvalue weighted by molar-refractivity contribution is 7.98. The lowest BCUT2D eigenvalue weighted by Gasteiger charge is -2.48. The largest absolute Gasteiger partial charge is 0.302 e. The Morgan fingerprint density at radius 1 is 1.30 bits per heavy atom. The summed E-state index contributed by atoms with van der Waals surface area (Å²) in [7, 11) is 0. The van der Waals surface area contributed by atoms with Crippen LogP contribution in [0.25, 0.3) is 0 Å². The minimum atomic E-state index is -0.584. The lowest BCUT2D eigenvalue weighted by molar-refractivity contribution is -0.157. The van der Waals surface area contributed by atoms with Gasteiger partial charge in [0.2, 0.25) is 0 Å². The number of ketones is 1. The summed E-state index contributed by atoms with van der Waals surface area (Å²) >= 11 is 5.78. The molecule has 1 fully saturated rings. The third-order valence-corrected chi connectivity index (χ3v) is 4.78. The van der Waals surface area contributed by atoms with E-state index in [0.717, 1.165) is 18.3 Å². The molecule has 0 amide bonds. The Morgan fingerprint density at radius 3 is 2.43 bits per heavy atom. The first-order chi connectivity index (χ1) is 11.0. The number of hydrazine groups is 1. The number of hydrogen-bond acceptors (Lipinski definition) is 8. The number of thiol groups is 1. The highest BCUT2D eigenvalue weighted by Gasteiger charge is 2.48. The molecule has 6 nitrogen and oxygen atoms in total. The van der Waals surface area contributed by atoms with Crippen molar-refractivity contribution in [3.63, 3.8) is 0 Å². The van der Waals surface area contributed by atoms with Gasteiger partial charge in [-0.15, -0.1) is 0 Å². The average Bonchev–Trinajstić information content (AvgIpc) is 2.53. The van der Waals surface area contributed by atoms with Crippen LogP contribution in [0, 0.1) is 5.92 Å². The molecule has 2 N–H and O–H groups in total. The summed E-state index contributed by atoms with van der Waals surface area (Å²) in [5.74, 6) is 1.60. The van der Waals surface area contributed by atoms with Crippen LogP contribution in [-0.2, 0) is 14.4 Å². The van der Waals surface area contributed by atoms with Gasteiger partial charge in [-0.1, -0.05) is 13.8 Å². The van der Waals surface area contributed by atoms with E-state index < -0.39 is 12.2 Å². The molecule has 132 valence electrons. The van der Waals surface area contributed by atoms with Crippen LogP contribution in [0.3, 0.4) is 0 Å². The molecule has 0 aromatic carbocycles. The predicted octanol–water partition coefficient (Wildman–Crippen LogP) is 0.524. The van der Waals surface area contributed by atoms with Crippen molar-refractivity contribution in [2.45, 2.75) is 51.0 Å². The van der Waals surface area contributed by atoms with Crippen LogP contribution in [0.5, 0.6) is 0 Å². The number of carbonyl (C=O) groups is 3. The second kappa shape index (κ2) is 10.5. The Balaban J connectivity index is 2.76. The quantitative estimate of drug-likeness (QED) is 0.346. The maximum Gasteiger partial charge on any atom is 0.184 e. The molecule has 1 heterocycles. The molecule has 1 aliphatic heterocycles. The van der Waals surface area contributed by atoms with Crippen molar-refractivity contribution in [2.75, 3.05) is 17.8 Å². The first kappa shape index (κ1) is 20.6. The molecule has 0 spiro atoms. The highest BCUT2D eigenvalue weighted by atomic mass is 32.2. The fraction of sp³-hybridized carbons (Fsp3) is 0.800. The van der Waals surface area contributed by atoms with Gasteiger partial charge in [0, 0.05) is 5.75 Å². The van der Waals surface area contributed by atoms with Crippen LogP contribution in [0.1, 0.15) is 26.7 Å². The minimum Gasteiger partial charge on any atom is -0.302 e. The van der Waals surface area contributed by atoms with Crippen LogP contribution in [0.15, 0.2) is 0 Å². The molecule has 8 heteroatoms. The number of nitrogens with one attached hydrogen (secondary N) is 2. The number of hydrogen-bond donors (Lipinski definition) is 3. The minimum absolute atomic E-state index is 0.0504. The molecule has 4 atom stereocenters. The number of Topliss-reactive ketones (excluding diaryl/α,β-unsaturated/α-hetero) is 1. The van der Waals surface area contributed by atoms with Gasteiger partial charge in [-0.2, -0.15) is 24.4 Å². The summed E-state index contributed by atoms with van der Waals surface area (Å²) < 4.78 is 0. The molecule has 1 saturated heterocycles. The fourth-order valence-corrected chi connectivity index (χ4v) is 3.22. The molecule has 0 saturated carbocycles. The van der Waals surface area contributed by atoms with Crippen molar-refractivity contribution < 1.29 is 14.4 Å². The molecule has 1 unspecified atom stereocenters. The van der Waals surface area contributed by atoms with Gasteiger partial charge >= 0.3 is 0 Å². The molecule has 0 aliphatic carbocycles. The van der Waals surface area contributed by atoms with Crippen LogP contribution >= 0.6 is 24.4 Å². The van der Waals surface area contributed by atoms with E-state index in [-0.39, 0.29) is 17.9 Å². The number of aldehydes is 2. The first-order valence-corrected chi connectivity index (χ1v) is 9.85. The van der Waals surface area contributed by atoms with Crippen LogP contribution in [0.2, 0.25) is 0 Å². The normalized spacial score (nSPS) is 24.3. The predicted molar refractivity (Wildman–Crippen MR) is 96.7 cm³/mol. The summed E-state index contributed by atoms with van der Waals surface area (Å²) in [5, 5.41) is 4.78. The van der Waals surface area contributed by atoms with E-state index in [1.165, 1.54) is 0 Å². The SMILES string of the molecule is CSCC[C@H]1C(=O)C(N[C@@H](C=O)CS)N1N[C@@H](C=O)CC(C)C. The van der Waals surface area contributed by atoms with Crippen molar-refractivity contribution in [1.29, 1.82) is 0 Å². The molecular formula is C15H27N3O3S2. The summed E-state index contributed by atoms with van der Waals surface area (Å²) in [6.07, 6.45) is 4.44. The Morgan fingerprint density at radius 2 is 1.96 bits per heavy atom. The third-order valence-electron chi connectivity index (χ3n) is 3.74. The van der Waals surface area contributed by atoms with Gasteiger partial charge in [-0.3, -0.25) is 10.1 Å². The number of carbonyl (C=O) groups excluding carboxylic acids is 3. The van der Waals surface area contributed by atoms with Crippen molar-refractivity contribution in [3.8, 4) is 0 Å². The number of nitrogens with zero attached hydrogens (tertiary/aromatic N) is 1. The van der Waals surface area contributed by atoms with E-state index in [1.807, 2.05) is 20.1 Å². The average molecular weight is 362 g/mol. The van der Waals surface area contributed by atoms with Gasteiger partial charge in [-0.05, 0) is 30.8 Å². The fourth-order valence-electron chi connectivity index (χ4n) is 2.57. The Hall–Kier alpha value is -0.410. The first-order valence-electron chi connectivity index (χ1n) is 7.83. The summed E-state index contributed by atoms with van der Waals surface area (Å²) in [5.41, 5.74) is 3.16. The smallest absolute Gasteiger partial charge is 0.184 e. The van der Waals surface area contributed by atoms with Gasteiger partial charge in [0.1, 0.15) is 18.7 Å². The Kier molecular flexibility index (Phi) is 9.38.